The molecule has 1 amide bonds. The summed E-state index contributed by atoms with van der Waals surface area (Å²) < 4.78 is 40.7. The molecule has 1 aliphatic carbocycles. The van der Waals surface area contributed by atoms with Gasteiger partial charge in [0.25, 0.3) is 11.5 Å². The average Bonchev–Trinajstić information content (AvgIpc) is 3.85. The molecule has 3 N–H and O–H groups in total. The smallest absolute Gasteiger partial charge is 0.259 e. The van der Waals surface area contributed by atoms with Gasteiger partial charge in [-0.2, -0.15) is 4.41 Å². The Bertz CT molecular complexity index is 1590. The number of ether oxygens (including phenoxy) is 2. The zero-order chi connectivity index (χ0) is 27.1. The number of halogens is 1. The van der Waals surface area contributed by atoms with Gasteiger partial charge in [0, 0.05) is 24.7 Å². The monoisotopic (exact) mass is 537 g/mol. The average molecular weight is 538 g/mol. The number of pyridine rings is 1. The Hall–Kier alpha value is -4.34. The Morgan fingerprint density at radius 1 is 1.24 bits per heavy atom. The maximum Gasteiger partial charge on any atom is 0.259 e. The van der Waals surface area contributed by atoms with Gasteiger partial charge < -0.3 is 20.1 Å². The van der Waals surface area contributed by atoms with Gasteiger partial charge in [-0.1, -0.05) is 5.92 Å². The van der Waals surface area contributed by atoms with E-state index in [-0.39, 0.29) is 45.9 Å². The Kier molecular flexibility index (Phi) is 6.56. The van der Waals surface area contributed by atoms with Crippen molar-refractivity contribution in [1.29, 1.82) is 0 Å². The molecule has 2 aromatic carbocycles. The summed E-state index contributed by atoms with van der Waals surface area (Å²) in [6, 6.07) is 9.00. The lowest BCUT2D eigenvalue weighted by Crippen LogP contribution is -2.31. The molecule has 2 heterocycles. The van der Waals surface area contributed by atoms with Gasteiger partial charge >= 0.3 is 0 Å². The summed E-state index contributed by atoms with van der Waals surface area (Å²) in [5, 5.41) is 5.81. The molecule has 2 fully saturated rings. The van der Waals surface area contributed by atoms with Crippen molar-refractivity contribution in [2.45, 2.75) is 25.8 Å². The predicted molar refractivity (Wildman–Crippen MR) is 141 cm³/mol. The predicted octanol–water partition coefficient (Wildman–Crippen LogP) is 3.15. The highest BCUT2D eigenvalue weighted by atomic mass is 32.2. The highest BCUT2D eigenvalue weighted by Gasteiger charge is 2.32. The van der Waals surface area contributed by atoms with Crippen LogP contribution in [0.2, 0.25) is 0 Å². The third kappa shape index (κ3) is 4.81. The molecule has 1 aliphatic heterocycles. The highest BCUT2D eigenvalue weighted by molar-refractivity contribution is 7.91. The summed E-state index contributed by atoms with van der Waals surface area (Å²) >= 11 is -1.31. The first-order chi connectivity index (χ1) is 18.2. The molecule has 5 rings (SSSR count). The number of rotatable bonds is 8. The van der Waals surface area contributed by atoms with Crippen molar-refractivity contribution in [2.75, 3.05) is 16.8 Å². The molecular formula is C26H24FN5O5S. The van der Waals surface area contributed by atoms with Crippen LogP contribution in [-0.4, -0.2) is 27.8 Å². The van der Waals surface area contributed by atoms with Crippen molar-refractivity contribution in [1.82, 2.24) is 14.7 Å². The second-order valence-electron chi connectivity index (χ2n) is 8.83. The minimum absolute atomic E-state index is 0.00201. The number of amides is 1. The Morgan fingerprint density at radius 3 is 2.58 bits per heavy atom. The number of nitrogens with one attached hydrogen (secondary N) is 3. The van der Waals surface area contributed by atoms with Crippen LogP contribution in [0.3, 0.4) is 0 Å². The fourth-order valence-electron chi connectivity index (χ4n) is 3.90. The molecule has 1 atom stereocenters. The van der Waals surface area contributed by atoms with Crippen LogP contribution in [0.1, 0.15) is 34.3 Å². The molecule has 1 saturated carbocycles. The number of aromatic nitrogens is 1. The van der Waals surface area contributed by atoms with Gasteiger partial charge in [0.05, 0.1) is 24.0 Å². The molecule has 196 valence electrons. The topological polar surface area (TPSA) is 124 Å². The second-order valence-corrected chi connectivity index (χ2v) is 9.87. The first kappa shape index (κ1) is 25.3. The maximum atomic E-state index is 14.8. The van der Waals surface area contributed by atoms with E-state index in [2.05, 4.69) is 21.4 Å². The number of nitrogens with zero attached hydrogens (tertiary/aromatic N) is 2. The Labute approximate surface area is 220 Å². The van der Waals surface area contributed by atoms with E-state index in [1.807, 2.05) is 0 Å². The fourth-order valence-corrected chi connectivity index (χ4v) is 4.51. The minimum atomic E-state index is -1.31. The van der Waals surface area contributed by atoms with Crippen LogP contribution in [0.25, 0.3) is 0 Å². The molecule has 38 heavy (non-hydrogen) atoms. The molecule has 10 nitrogen and oxygen atoms in total. The molecule has 2 aliphatic rings. The SMILES string of the molecule is C#Cc1ccc(Nc2c(C(=O)NC3CC3)c(Oc3ccc(N4NS4=O)cc3OC)c(C)c(=O)n2C)c(F)c1. The van der Waals surface area contributed by atoms with Gasteiger partial charge in [-0.05, 0) is 50.1 Å². The van der Waals surface area contributed by atoms with Gasteiger partial charge in [0.2, 0.25) is 11.2 Å². The first-order valence-electron chi connectivity index (χ1n) is 11.6. The van der Waals surface area contributed by atoms with E-state index in [1.54, 1.807) is 31.2 Å². The number of hydrogen-bond acceptors (Lipinski definition) is 6. The number of carbonyl (C=O) groups excluding carboxylic acids is 1. The van der Waals surface area contributed by atoms with Crippen LogP contribution in [-0.2, 0) is 18.2 Å². The van der Waals surface area contributed by atoms with Crippen LogP contribution < -0.4 is 34.9 Å². The van der Waals surface area contributed by atoms with Crippen LogP contribution in [0.4, 0.5) is 21.6 Å². The molecule has 0 radical (unpaired) electrons. The number of anilines is 3. The number of methoxy groups -OCH3 is 1. The lowest BCUT2D eigenvalue weighted by atomic mass is 10.1. The third-order valence-electron chi connectivity index (χ3n) is 6.18. The quantitative estimate of drug-likeness (QED) is 0.300. The molecule has 12 heteroatoms. The fraction of sp³-hybridized carbons (Fsp3) is 0.231. The lowest BCUT2D eigenvalue weighted by Gasteiger charge is -2.22. The van der Waals surface area contributed by atoms with Crippen LogP contribution in [0, 0.1) is 25.1 Å². The van der Waals surface area contributed by atoms with Crippen molar-refractivity contribution >= 4 is 34.3 Å². The number of hydrazine groups is 1. The Balaban J connectivity index is 1.63. The first-order valence-corrected chi connectivity index (χ1v) is 12.7. The largest absolute Gasteiger partial charge is 0.493 e. The summed E-state index contributed by atoms with van der Waals surface area (Å²) in [6.45, 7) is 1.54. The molecule has 1 unspecified atom stereocenters. The minimum Gasteiger partial charge on any atom is -0.493 e. The summed E-state index contributed by atoms with van der Waals surface area (Å²) in [6.07, 6.45) is 7.03. The molecule has 0 bridgehead atoms. The summed E-state index contributed by atoms with van der Waals surface area (Å²) in [5.41, 5.74) is 0.686. The van der Waals surface area contributed by atoms with E-state index >= 15 is 0 Å². The van der Waals surface area contributed by atoms with E-state index in [4.69, 9.17) is 15.9 Å². The maximum absolute atomic E-state index is 14.8. The van der Waals surface area contributed by atoms with Crippen molar-refractivity contribution in [3.8, 4) is 29.6 Å². The standard InChI is InChI=1S/C26H24FN5O5S/c1-5-15-6-10-19(18(27)12-15)29-24-22(25(33)28-16-7-8-16)23(14(2)26(34)31(24)3)37-20-11-9-17(13-21(20)36-4)32-30-38(32)35/h1,6,9-13,16,29-30H,7-8H2,2-4H3,(H,28,33). The third-order valence-corrected chi connectivity index (χ3v) is 6.98. The van der Waals surface area contributed by atoms with Crippen molar-refractivity contribution in [3.63, 3.8) is 0 Å². The van der Waals surface area contributed by atoms with Gasteiger partial charge in [-0.3, -0.25) is 14.2 Å². The molecule has 0 spiro atoms. The zero-order valence-corrected chi connectivity index (χ0v) is 21.6. The van der Waals surface area contributed by atoms with Gasteiger partial charge in [0.1, 0.15) is 17.2 Å². The highest BCUT2D eigenvalue weighted by Crippen LogP contribution is 2.40. The Morgan fingerprint density at radius 2 is 1.97 bits per heavy atom. The van der Waals surface area contributed by atoms with E-state index in [0.29, 0.717) is 11.3 Å². The molecular weight excluding hydrogens is 513 g/mol. The number of hydrogen-bond donors (Lipinski definition) is 3. The normalized spacial score (nSPS) is 16.0. The van der Waals surface area contributed by atoms with E-state index in [9.17, 15) is 18.2 Å². The van der Waals surface area contributed by atoms with Crippen molar-refractivity contribution in [3.05, 3.63) is 69.3 Å². The van der Waals surface area contributed by atoms with Crippen LogP contribution in [0.5, 0.6) is 17.2 Å². The van der Waals surface area contributed by atoms with E-state index < -0.39 is 28.5 Å². The second kappa shape index (κ2) is 9.85. The lowest BCUT2D eigenvalue weighted by molar-refractivity contribution is 0.0948. The zero-order valence-electron chi connectivity index (χ0n) is 20.8. The molecule has 3 aromatic rings. The van der Waals surface area contributed by atoms with E-state index in [0.717, 1.165) is 12.8 Å². The number of terminal acetylenes is 1. The number of carbonyl (C=O) groups is 1. The van der Waals surface area contributed by atoms with Crippen LogP contribution >= 0.6 is 0 Å². The van der Waals surface area contributed by atoms with Crippen molar-refractivity contribution in [2.24, 2.45) is 7.05 Å². The van der Waals surface area contributed by atoms with Gasteiger partial charge in [-0.25, -0.2) is 8.60 Å². The summed E-state index contributed by atoms with van der Waals surface area (Å²) in [7, 11) is 2.92. The molecule has 1 saturated heterocycles. The van der Waals surface area contributed by atoms with Gasteiger partial charge in [-0.15, -0.1) is 11.3 Å². The van der Waals surface area contributed by atoms with Crippen molar-refractivity contribution < 1.29 is 22.9 Å². The summed E-state index contributed by atoms with van der Waals surface area (Å²) in [5.74, 6) is 1.77. The summed E-state index contributed by atoms with van der Waals surface area (Å²) in [4.78, 5) is 29.4. The van der Waals surface area contributed by atoms with E-state index in [1.165, 1.54) is 35.3 Å². The van der Waals surface area contributed by atoms with Crippen LogP contribution in [0.15, 0.2) is 41.2 Å². The van der Waals surface area contributed by atoms with Gasteiger partial charge in [0.15, 0.2) is 17.2 Å². The molecule has 1 aromatic heterocycles. The number of benzene rings is 2.